The molecule has 0 radical (unpaired) electrons. The number of methoxy groups -OCH3 is 1. The molecule has 2 N–H and O–H groups in total. The first-order valence-electron chi connectivity index (χ1n) is 8.73. The minimum absolute atomic E-state index is 0.0997. The molecule has 0 saturated carbocycles. The van der Waals surface area contributed by atoms with Crippen LogP contribution in [-0.2, 0) is 6.61 Å². The molecule has 29 heavy (non-hydrogen) atoms. The summed E-state index contributed by atoms with van der Waals surface area (Å²) in [6.07, 6.45) is 1.50. The van der Waals surface area contributed by atoms with E-state index in [1.807, 2.05) is 48.5 Å². The van der Waals surface area contributed by atoms with Gasteiger partial charge in [-0.25, -0.2) is 5.43 Å². The van der Waals surface area contributed by atoms with Crippen LogP contribution in [0.5, 0.6) is 17.2 Å². The van der Waals surface area contributed by atoms with E-state index >= 15 is 0 Å². The Labute approximate surface area is 176 Å². The van der Waals surface area contributed by atoms with Gasteiger partial charge in [0, 0.05) is 16.1 Å². The first-order valence-corrected chi connectivity index (χ1v) is 9.53. The highest BCUT2D eigenvalue weighted by atomic mass is 79.9. The molecule has 0 unspecified atom stereocenters. The highest BCUT2D eigenvalue weighted by molar-refractivity contribution is 9.10. The maximum Gasteiger partial charge on any atom is 0.275 e. The van der Waals surface area contributed by atoms with Crippen LogP contribution >= 0.6 is 15.9 Å². The topological polar surface area (TPSA) is 80.2 Å². The molecule has 148 valence electrons. The molecule has 0 aliphatic rings. The second-order valence-electron chi connectivity index (χ2n) is 6.04. The minimum Gasteiger partial charge on any atom is -0.507 e. The summed E-state index contributed by atoms with van der Waals surface area (Å²) in [6, 6.07) is 19.7. The van der Waals surface area contributed by atoms with E-state index in [0.29, 0.717) is 23.7 Å². The van der Waals surface area contributed by atoms with Crippen molar-refractivity contribution in [2.24, 2.45) is 5.10 Å². The molecule has 0 saturated heterocycles. The number of hydrazone groups is 1. The average molecular weight is 455 g/mol. The number of amides is 1. The van der Waals surface area contributed by atoms with Gasteiger partial charge in [-0.3, -0.25) is 4.79 Å². The molecule has 0 aromatic heterocycles. The van der Waals surface area contributed by atoms with E-state index in [4.69, 9.17) is 9.47 Å². The smallest absolute Gasteiger partial charge is 0.275 e. The van der Waals surface area contributed by atoms with Crippen LogP contribution in [0.25, 0.3) is 0 Å². The summed E-state index contributed by atoms with van der Waals surface area (Å²) in [5.41, 5.74) is 4.24. The number of nitrogens with one attached hydrogen (secondary N) is 1. The number of carbonyl (C=O) groups is 1. The fourth-order valence-electron chi connectivity index (χ4n) is 2.51. The molecule has 1 amide bonds. The SMILES string of the molecule is COc1ccc(C(=O)N/N=C\c2ccccc2OCc2ccc(Br)cc2)c(O)c1. The van der Waals surface area contributed by atoms with Crippen molar-refractivity contribution >= 4 is 28.1 Å². The first kappa shape index (κ1) is 20.4. The van der Waals surface area contributed by atoms with Crippen molar-refractivity contribution < 1.29 is 19.4 Å². The summed E-state index contributed by atoms with van der Waals surface area (Å²) >= 11 is 3.41. The van der Waals surface area contributed by atoms with E-state index in [2.05, 4.69) is 26.5 Å². The quantitative estimate of drug-likeness (QED) is 0.406. The van der Waals surface area contributed by atoms with Gasteiger partial charge in [0.2, 0.25) is 0 Å². The van der Waals surface area contributed by atoms with Gasteiger partial charge in [0.1, 0.15) is 23.9 Å². The van der Waals surface area contributed by atoms with Gasteiger partial charge in [-0.1, -0.05) is 40.2 Å². The Morgan fingerprint density at radius 1 is 1.14 bits per heavy atom. The number of phenolic OH excluding ortho intramolecular Hbond substituents is 1. The van der Waals surface area contributed by atoms with E-state index in [9.17, 15) is 9.90 Å². The summed E-state index contributed by atoms with van der Waals surface area (Å²) in [4.78, 5) is 12.2. The average Bonchev–Trinajstić information content (AvgIpc) is 2.74. The lowest BCUT2D eigenvalue weighted by Crippen LogP contribution is -2.17. The Hall–Kier alpha value is -3.32. The van der Waals surface area contributed by atoms with Crippen molar-refractivity contribution in [3.63, 3.8) is 0 Å². The predicted octanol–water partition coefficient (Wildman–Crippen LogP) is 4.51. The van der Waals surface area contributed by atoms with Crippen LogP contribution in [0.15, 0.2) is 76.3 Å². The predicted molar refractivity (Wildman–Crippen MR) is 115 cm³/mol. The lowest BCUT2D eigenvalue weighted by Gasteiger charge is -2.09. The summed E-state index contributed by atoms with van der Waals surface area (Å²) in [7, 11) is 1.48. The monoisotopic (exact) mass is 454 g/mol. The van der Waals surface area contributed by atoms with Gasteiger partial charge in [0.05, 0.1) is 18.9 Å². The van der Waals surface area contributed by atoms with Crippen LogP contribution < -0.4 is 14.9 Å². The molecule has 0 bridgehead atoms. The second kappa shape index (κ2) is 9.75. The van der Waals surface area contributed by atoms with Crippen molar-refractivity contribution in [2.45, 2.75) is 6.61 Å². The van der Waals surface area contributed by atoms with Crippen molar-refractivity contribution in [1.29, 1.82) is 0 Å². The van der Waals surface area contributed by atoms with Gasteiger partial charge in [-0.2, -0.15) is 5.10 Å². The number of hydrogen-bond acceptors (Lipinski definition) is 5. The van der Waals surface area contributed by atoms with Crippen LogP contribution in [-0.4, -0.2) is 24.3 Å². The number of phenols is 1. The molecule has 0 spiro atoms. The lowest BCUT2D eigenvalue weighted by molar-refractivity contribution is 0.0952. The Morgan fingerprint density at radius 3 is 2.62 bits per heavy atom. The third-order valence-electron chi connectivity index (χ3n) is 4.05. The molecule has 3 aromatic rings. The molecule has 3 rings (SSSR count). The molecule has 6 nitrogen and oxygen atoms in total. The van der Waals surface area contributed by atoms with E-state index < -0.39 is 5.91 Å². The molecule has 0 aliphatic heterocycles. The van der Waals surface area contributed by atoms with Gasteiger partial charge in [-0.15, -0.1) is 0 Å². The third-order valence-corrected chi connectivity index (χ3v) is 4.57. The summed E-state index contributed by atoms with van der Waals surface area (Å²) in [5, 5.41) is 13.9. The minimum atomic E-state index is -0.533. The highest BCUT2D eigenvalue weighted by Gasteiger charge is 2.11. The zero-order valence-electron chi connectivity index (χ0n) is 15.6. The van der Waals surface area contributed by atoms with Crippen molar-refractivity contribution in [3.8, 4) is 17.2 Å². The van der Waals surface area contributed by atoms with Crippen LogP contribution in [0.4, 0.5) is 0 Å². The Kier molecular flexibility index (Phi) is 6.86. The van der Waals surface area contributed by atoms with Gasteiger partial charge >= 0.3 is 0 Å². The number of nitrogens with zero attached hydrogens (tertiary/aromatic N) is 1. The standard InChI is InChI=1S/C22H19BrN2O4/c1-28-18-10-11-19(20(26)12-18)22(27)25-24-13-16-4-2-3-5-21(16)29-14-15-6-8-17(23)9-7-15/h2-13,26H,14H2,1H3,(H,25,27)/b24-13-. The van der Waals surface area contributed by atoms with Gasteiger partial charge in [-0.05, 0) is 42.0 Å². The maximum atomic E-state index is 12.2. The number of carbonyl (C=O) groups excluding carboxylic acids is 1. The number of aromatic hydroxyl groups is 1. The highest BCUT2D eigenvalue weighted by Crippen LogP contribution is 2.23. The van der Waals surface area contributed by atoms with Crippen molar-refractivity contribution in [3.05, 3.63) is 87.9 Å². The molecule has 7 heteroatoms. The summed E-state index contributed by atoms with van der Waals surface area (Å²) < 4.78 is 11.9. The molecule has 0 heterocycles. The number of ether oxygens (including phenoxy) is 2. The fourth-order valence-corrected chi connectivity index (χ4v) is 2.78. The van der Waals surface area contributed by atoms with Crippen LogP contribution in [0, 0.1) is 0 Å². The second-order valence-corrected chi connectivity index (χ2v) is 6.95. The molecule has 0 aliphatic carbocycles. The first-order chi connectivity index (χ1) is 14.1. The van der Waals surface area contributed by atoms with Gasteiger partial charge in [0.15, 0.2) is 0 Å². The van der Waals surface area contributed by atoms with Gasteiger partial charge < -0.3 is 14.6 Å². The third kappa shape index (κ3) is 5.58. The van der Waals surface area contributed by atoms with E-state index in [0.717, 1.165) is 10.0 Å². The normalized spacial score (nSPS) is 10.7. The number of benzene rings is 3. The fraction of sp³-hybridized carbons (Fsp3) is 0.0909. The Balaban J connectivity index is 1.64. The summed E-state index contributed by atoms with van der Waals surface area (Å²) in [5.74, 6) is 0.380. The molecular formula is C22H19BrN2O4. The molecular weight excluding hydrogens is 436 g/mol. The van der Waals surface area contributed by atoms with Crippen LogP contribution in [0.3, 0.4) is 0 Å². The molecule has 0 fully saturated rings. The zero-order valence-corrected chi connectivity index (χ0v) is 17.2. The number of para-hydroxylation sites is 1. The maximum absolute atomic E-state index is 12.2. The van der Waals surface area contributed by atoms with Crippen molar-refractivity contribution in [1.82, 2.24) is 5.43 Å². The number of rotatable bonds is 7. The van der Waals surface area contributed by atoms with Crippen molar-refractivity contribution in [2.75, 3.05) is 7.11 Å². The van der Waals surface area contributed by atoms with E-state index in [1.165, 1.54) is 25.5 Å². The van der Waals surface area contributed by atoms with E-state index in [1.54, 1.807) is 6.07 Å². The molecule has 0 atom stereocenters. The van der Waals surface area contributed by atoms with Gasteiger partial charge in [0.25, 0.3) is 5.91 Å². The number of halogens is 1. The van der Waals surface area contributed by atoms with E-state index in [-0.39, 0.29) is 11.3 Å². The zero-order chi connectivity index (χ0) is 20.6. The summed E-state index contributed by atoms with van der Waals surface area (Å²) in [6.45, 7) is 0.407. The van der Waals surface area contributed by atoms with Crippen LogP contribution in [0.2, 0.25) is 0 Å². The van der Waals surface area contributed by atoms with Crippen LogP contribution in [0.1, 0.15) is 21.5 Å². The number of hydrogen-bond donors (Lipinski definition) is 2. The Morgan fingerprint density at radius 2 is 1.90 bits per heavy atom. The lowest BCUT2D eigenvalue weighted by atomic mass is 10.2. The molecule has 3 aromatic carbocycles. The largest absolute Gasteiger partial charge is 0.507 e. The Bertz CT molecular complexity index is 1020.